The number of hydrogen-bond acceptors (Lipinski definition) is 11. The molecule has 0 amide bonds. The summed E-state index contributed by atoms with van der Waals surface area (Å²) in [6.45, 7) is 0.937. The molecule has 0 bridgehead atoms. The van der Waals surface area contributed by atoms with Crippen LogP contribution in [0.5, 0.6) is 0 Å². The summed E-state index contributed by atoms with van der Waals surface area (Å²) in [5, 5.41) is 46.5. The highest BCUT2D eigenvalue weighted by molar-refractivity contribution is 5.02. The van der Waals surface area contributed by atoms with Gasteiger partial charge in [0.05, 0.1) is 44.9 Å². The van der Waals surface area contributed by atoms with E-state index in [0.717, 1.165) is 5.69 Å². The number of ether oxygens (including phenoxy) is 4. The van der Waals surface area contributed by atoms with Gasteiger partial charge in [0.2, 0.25) is 0 Å². The fraction of sp³-hybridized carbons (Fsp3) is 0.632. The second-order valence-electron chi connectivity index (χ2n) is 7.02. The van der Waals surface area contributed by atoms with Gasteiger partial charge in [-0.25, -0.2) is 4.68 Å². The molecule has 4 N–H and O–H groups in total. The zero-order valence-corrected chi connectivity index (χ0v) is 16.9. The lowest BCUT2D eigenvalue weighted by atomic mass is 9.99. The third-order valence-electron chi connectivity index (χ3n) is 4.60. The van der Waals surface area contributed by atoms with E-state index in [4.69, 9.17) is 24.1 Å². The first kappa shape index (κ1) is 23.6. The molecule has 0 aromatic carbocycles. The number of pyridine rings is 1. The van der Waals surface area contributed by atoms with Gasteiger partial charge in [-0.15, -0.1) is 5.10 Å². The molecule has 3 rings (SSSR count). The van der Waals surface area contributed by atoms with Crippen LogP contribution in [0.25, 0.3) is 0 Å². The second-order valence-corrected chi connectivity index (χ2v) is 7.02. The van der Waals surface area contributed by atoms with E-state index >= 15 is 0 Å². The molecule has 0 spiro atoms. The maximum Gasteiger partial charge on any atom is 0.186 e. The molecule has 12 nitrogen and oxygen atoms in total. The molecule has 1 aliphatic heterocycles. The fourth-order valence-corrected chi connectivity index (χ4v) is 2.94. The third-order valence-corrected chi connectivity index (χ3v) is 4.60. The van der Waals surface area contributed by atoms with Crippen molar-refractivity contribution in [2.24, 2.45) is 0 Å². The maximum atomic E-state index is 9.90. The molecule has 31 heavy (non-hydrogen) atoms. The van der Waals surface area contributed by atoms with Crippen LogP contribution in [0.15, 0.2) is 30.6 Å². The molecular weight excluding hydrogens is 412 g/mol. The van der Waals surface area contributed by atoms with Crippen LogP contribution in [0.2, 0.25) is 0 Å². The minimum atomic E-state index is -1.46. The Bertz CT molecular complexity index is 762. The summed E-state index contributed by atoms with van der Waals surface area (Å²) in [4.78, 5) is 4.18. The van der Waals surface area contributed by atoms with Crippen molar-refractivity contribution in [2.75, 3.05) is 19.8 Å². The van der Waals surface area contributed by atoms with Crippen LogP contribution in [0, 0.1) is 0 Å². The molecule has 12 heteroatoms. The van der Waals surface area contributed by atoms with Crippen molar-refractivity contribution in [3.05, 3.63) is 42.0 Å². The Morgan fingerprint density at radius 1 is 1.00 bits per heavy atom. The van der Waals surface area contributed by atoms with Crippen molar-refractivity contribution in [3.63, 3.8) is 0 Å². The van der Waals surface area contributed by atoms with Gasteiger partial charge in [-0.1, -0.05) is 11.3 Å². The standard InChI is InChI=1S/C19H28N4O8/c24-9-15-16(25)17(26)18(27)19(31-15)30-7-3-6-28-12-23-8-14(21-22-23)11-29-10-13-4-1-2-5-20-13/h1-2,4-5,8,15-19,24-27H,3,6-7,9-12H2. The van der Waals surface area contributed by atoms with Gasteiger partial charge >= 0.3 is 0 Å². The number of hydrogen-bond donors (Lipinski definition) is 4. The molecule has 5 unspecified atom stereocenters. The van der Waals surface area contributed by atoms with Gasteiger partial charge in [0.15, 0.2) is 6.29 Å². The van der Waals surface area contributed by atoms with Crippen LogP contribution < -0.4 is 0 Å². The van der Waals surface area contributed by atoms with E-state index in [0.29, 0.717) is 31.9 Å². The van der Waals surface area contributed by atoms with Crippen LogP contribution in [0.4, 0.5) is 0 Å². The Morgan fingerprint density at radius 2 is 1.84 bits per heavy atom. The average Bonchev–Trinajstić information content (AvgIpc) is 3.24. The summed E-state index contributed by atoms with van der Waals surface area (Å²) in [6, 6.07) is 5.62. The second kappa shape index (κ2) is 12.1. The van der Waals surface area contributed by atoms with Crippen LogP contribution in [-0.4, -0.2) is 90.9 Å². The van der Waals surface area contributed by atoms with Crippen LogP contribution in [0.3, 0.4) is 0 Å². The normalized spacial score (nSPS) is 26.3. The Morgan fingerprint density at radius 3 is 2.61 bits per heavy atom. The monoisotopic (exact) mass is 440 g/mol. The SMILES string of the molecule is OCC1OC(OCCCOCn2cc(COCc3ccccn3)nn2)C(O)C(O)C1O. The lowest BCUT2D eigenvalue weighted by molar-refractivity contribution is -0.301. The molecule has 2 aromatic heterocycles. The first-order valence-electron chi connectivity index (χ1n) is 9.95. The summed E-state index contributed by atoms with van der Waals surface area (Å²) in [5.41, 5.74) is 1.51. The van der Waals surface area contributed by atoms with Gasteiger partial charge in [-0.2, -0.15) is 0 Å². The lowest BCUT2D eigenvalue weighted by Crippen LogP contribution is -2.59. The summed E-state index contributed by atoms with van der Waals surface area (Å²) < 4.78 is 23.2. The van der Waals surface area contributed by atoms with Gasteiger partial charge in [0.25, 0.3) is 0 Å². The van der Waals surface area contributed by atoms with E-state index in [1.807, 2.05) is 18.2 Å². The van der Waals surface area contributed by atoms with Crippen molar-refractivity contribution in [1.82, 2.24) is 20.0 Å². The largest absolute Gasteiger partial charge is 0.394 e. The molecule has 1 saturated heterocycles. The summed E-state index contributed by atoms with van der Waals surface area (Å²) >= 11 is 0. The third kappa shape index (κ3) is 6.98. The predicted octanol–water partition coefficient (Wildman–Crippen LogP) is -1.43. The molecule has 2 aromatic rings. The zero-order chi connectivity index (χ0) is 22.1. The van der Waals surface area contributed by atoms with Crippen molar-refractivity contribution in [2.45, 2.75) is 57.1 Å². The molecule has 1 fully saturated rings. The van der Waals surface area contributed by atoms with E-state index in [9.17, 15) is 15.3 Å². The summed E-state index contributed by atoms with van der Waals surface area (Å²) in [7, 11) is 0. The fourth-order valence-electron chi connectivity index (χ4n) is 2.94. The molecule has 5 atom stereocenters. The average molecular weight is 440 g/mol. The highest BCUT2D eigenvalue weighted by Gasteiger charge is 2.43. The minimum absolute atomic E-state index is 0.187. The topological polar surface area (TPSA) is 161 Å². The Labute approximate surface area is 179 Å². The molecule has 0 saturated carbocycles. The Kier molecular flexibility index (Phi) is 9.24. The number of rotatable bonds is 12. The molecular formula is C19H28N4O8. The minimum Gasteiger partial charge on any atom is -0.394 e. The molecule has 172 valence electrons. The number of aromatic nitrogens is 4. The number of aliphatic hydroxyl groups excluding tert-OH is 4. The van der Waals surface area contributed by atoms with Gasteiger partial charge in [0, 0.05) is 6.20 Å². The van der Waals surface area contributed by atoms with E-state index in [1.54, 1.807) is 12.4 Å². The molecule has 3 heterocycles. The van der Waals surface area contributed by atoms with E-state index in [-0.39, 0.29) is 13.3 Å². The quantitative estimate of drug-likeness (QED) is 0.286. The first-order chi connectivity index (χ1) is 15.1. The van der Waals surface area contributed by atoms with E-state index < -0.39 is 37.3 Å². The van der Waals surface area contributed by atoms with E-state index in [2.05, 4.69) is 15.3 Å². The van der Waals surface area contributed by atoms with Crippen molar-refractivity contribution in [3.8, 4) is 0 Å². The van der Waals surface area contributed by atoms with Crippen LogP contribution >= 0.6 is 0 Å². The zero-order valence-electron chi connectivity index (χ0n) is 16.9. The number of aliphatic hydroxyl groups is 4. The molecule has 0 radical (unpaired) electrons. The highest BCUT2D eigenvalue weighted by atomic mass is 16.7. The predicted molar refractivity (Wildman–Crippen MR) is 103 cm³/mol. The summed E-state index contributed by atoms with van der Waals surface area (Å²) in [6.07, 6.45) is -2.48. The number of nitrogens with zero attached hydrogens (tertiary/aromatic N) is 4. The van der Waals surface area contributed by atoms with Gasteiger partial charge in [0.1, 0.15) is 36.8 Å². The van der Waals surface area contributed by atoms with Crippen molar-refractivity contribution < 1.29 is 39.4 Å². The van der Waals surface area contributed by atoms with Crippen LogP contribution in [0.1, 0.15) is 17.8 Å². The highest BCUT2D eigenvalue weighted by Crippen LogP contribution is 2.21. The first-order valence-corrected chi connectivity index (χ1v) is 9.95. The van der Waals surface area contributed by atoms with Gasteiger partial charge in [-0.3, -0.25) is 4.98 Å². The van der Waals surface area contributed by atoms with Crippen LogP contribution in [-0.2, 0) is 38.9 Å². The Hall–Kier alpha value is -2.03. The summed E-state index contributed by atoms with van der Waals surface area (Å²) in [5.74, 6) is 0. The smallest absolute Gasteiger partial charge is 0.186 e. The maximum absolute atomic E-state index is 9.90. The molecule has 0 aliphatic carbocycles. The lowest BCUT2D eigenvalue weighted by Gasteiger charge is -2.39. The van der Waals surface area contributed by atoms with Gasteiger partial charge in [-0.05, 0) is 18.6 Å². The van der Waals surface area contributed by atoms with Gasteiger partial charge < -0.3 is 39.4 Å². The van der Waals surface area contributed by atoms with Crippen molar-refractivity contribution >= 4 is 0 Å². The van der Waals surface area contributed by atoms with E-state index in [1.165, 1.54) is 4.68 Å². The Balaban J connectivity index is 1.27. The van der Waals surface area contributed by atoms with Crippen molar-refractivity contribution in [1.29, 1.82) is 0 Å². The molecule has 1 aliphatic rings.